The molecule has 1 saturated heterocycles. The summed E-state index contributed by atoms with van der Waals surface area (Å²) in [6.07, 6.45) is 1.45. The van der Waals surface area contributed by atoms with Crippen molar-refractivity contribution in [1.82, 2.24) is 4.98 Å². The molecule has 1 aromatic rings. The van der Waals surface area contributed by atoms with Crippen molar-refractivity contribution in [3.63, 3.8) is 0 Å². The average Bonchev–Trinajstić information content (AvgIpc) is 2.46. The summed E-state index contributed by atoms with van der Waals surface area (Å²) in [6.45, 7) is 0.805. The predicted molar refractivity (Wildman–Crippen MR) is 72.6 cm³/mol. The van der Waals surface area contributed by atoms with Crippen molar-refractivity contribution < 1.29 is 19.2 Å². The van der Waals surface area contributed by atoms with Crippen molar-refractivity contribution in [1.29, 1.82) is 0 Å². The van der Waals surface area contributed by atoms with Gasteiger partial charge in [-0.2, -0.15) is 0 Å². The maximum Gasteiger partial charge on any atom is 0.330 e. The zero-order chi connectivity index (χ0) is 14.7. The van der Waals surface area contributed by atoms with Crippen LogP contribution in [0.15, 0.2) is 16.7 Å². The highest BCUT2D eigenvalue weighted by molar-refractivity contribution is 9.10. The minimum absolute atomic E-state index is 0.113. The van der Waals surface area contributed by atoms with Gasteiger partial charge in [-0.05, 0) is 15.9 Å². The maximum atomic E-state index is 11.7. The van der Waals surface area contributed by atoms with E-state index >= 15 is 0 Å². The van der Waals surface area contributed by atoms with Crippen LogP contribution < -0.4 is 4.90 Å². The number of nitro groups is 1. The molecule has 9 heteroatoms. The largest absolute Gasteiger partial charge is 0.467 e. The Hall–Kier alpha value is -1.74. The van der Waals surface area contributed by atoms with E-state index in [1.807, 2.05) is 0 Å². The summed E-state index contributed by atoms with van der Waals surface area (Å²) in [5, 5.41) is 11.1. The van der Waals surface area contributed by atoms with E-state index in [4.69, 9.17) is 9.47 Å². The number of hydrogen-bond acceptors (Lipinski definition) is 7. The Bertz CT molecular complexity index is 539. The Balaban J connectivity index is 2.42. The van der Waals surface area contributed by atoms with Gasteiger partial charge in [0.2, 0.25) is 5.82 Å². The number of carbonyl (C=O) groups is 1. The summed E-state index contributed by atoms with van der Waals surface area (Å²) < 4.78 is 10.4. The summed E-state index contributed by atoms with van der Waals surface area (Å²) in [4.78, 5) is 28.0. The van der Waals surface area contributed by atoms with Crippen LogP contribution >= 0.6 is 15.9 Å². The van der Waals surface area contributed by atoms with Gasteiger partial charge < -0.3 is 14.4 Å². The van der Waals surface area contributed by atoms with Crippen LogP contribution in [-0.4, -0.2) is 48.8 Å². The van der Waals surface area contributed by atoms with Crippen LogP contribution in [0.5, 0.6) is 0 Å². The van der Waals surface area contributed by atoms with Gasteiger partial charge in [0.05, 0.1) is 25.2 Å². The molecule has 1 fully saturated rings. The van der Waals surface area contributed by atoms with E-state index in [1.165, 1.54) is 19.4 Å². The minimum atomic E-state index is -0.735. The maximum absolute atomic E-state index is 11.7. The van der Waals surface area contributed by atoms with E-state index in [0.717, 1.165) is 0 Å². The molecule has 8 nitrogen and oxygen atoms in total. The Labute approximate surface area is 123 Å². The number of morpholine rings is 1. The molecule has 1 aliphatic heterocycles. The molecule has 0 aromatic carbocycles. The number of pyridine rings is 1. The topological polar surface area (TPSA) is 94.8 Å². The zero-order valence-corrected chi connectivity index (χ0v) is 12.2. The van der Waals surface area contributed by atoms with E-state index in [-0.39, 0.29) is 18.1 Å². The van der Waals surface area contributed by atoms with Gasteiger partial charge in [0.25, 0.3) is 0 Å². The number of nitrogens with zero attached hydrogens (tertiary/aromatic N) is 3. The first-order chi connectivity index (χ1) is 9.54. The van der Waals surface area contributed by atoms with E-state index in [1.54, 1.807) is 4.90 Å². The molecule has 2 heterocycles. The number of ether oxygens (including phenoxy) is 2. The van der Waals surface area contributed by atoms with Crippen LogP contribution in [0.4, 0.5) is 11.5 Å². The van der Waals surface area contributed by atoms with Crippen LogP contribution in [0.2, 0.25) is 0 Å². The molecular weight excluding hydrogens is 334 g/mol. The smallest absolute Gasteiger partial charge is 0.330 e. The van der Waals surface area contributed by atoms with Gasteiger partial charge in [-0.3, -0.25) is 10.1 Å². The molecule has 1 unspecified atom stereocenters. The lowest BCUT2D eigenvalue weighted by Crippen LogP contribution is -2.51. The third-order valence-electron chi connectivity index (χ3n) is 2.88. The molecule has 0 saturated carbocycles. The predicted octanol–water partition coefficient (Wildman–Crippen LogP) is 1.13. The number of esters is 1. The van der Waals surface area contributed by atoms with Gasteiger partial charge in [-0.1, -0.05) is 0 Å². The summed E-state index contributed by atoms with van der Waals surface area (Å²) in [5.41, 5.74) is -0.171. The van der Waals surface area contributed by atoms with Gasteiger partial charge in [-0.15, -0.1) is 0 Å². The van der Waals surface area contributed by atoms with E-state index < -0.39 is 16.9 Å². The van der Waals surface area contributed by atoms with Gasteiger partial charge in [0.1, 0.15) is 0 Å². The molecule has 0 N–H and O–H groups in total. The summed E-state index contributed by atoms with van der Waals surface area (Å²) >= 11 is 3.14. The van der Waals surface area contributed by atoms with Crippen LogP contribution in [-0.2, 0) is 14.3 Å². The highest BCUT2D eigenvalue weighted by Crippen LogP contribution is 2.30. The third-order valence-corrected chi connectivity index (χ3v) is 3.32. The van der Waals surface area contributed by atoms with Crippen LogP contribution in [0, 0.1) is 10.1 Å². The number of aromatic nitrogens is 1. The summed E-state index contributed by atoms with van der Waals surface area (Å²) in [7, 11) is 1.26. The number of methoxy groups -OCH3 is 1. The number of halogens is 1. The van der Waals surface area contributed by atoms with Crippen molar-refractivity contribution in [3.05, 3.63) is 26.9 Å². The third kappa shape index (κ3) is 2.88. The van der Waals surface area contributed by atoms with Gasteiger partial charge in [-0.25, -0.2) is 9.78 Å². The molecule has 0 amide bonds. The minimum Gasteiger partial charge on any atom is -0.467 e. The Kier molecular flexibility index (Phi) is 4.50. The first-order valence-corrected chi connectivity index (χ1v) is 6.56. The molecular formula is C11H12BrN3O5. The molecule has 108 valence electrons. The fourth-order valence-corrected chi connectivity index (χ4v) is 2.28. The molecule has 20 heavy (non-hydrogen) atoms. The molecule has 2 rings (SSSR count). The van der Waals surface area contributed by atoms with Crippen molar-refractivity contribution in [2.45, 2.75) is 6.04 Å². The van der Waals surface area contributed by atoms with Crippen molar-refractivity contribution in [2.24, 2.45) is 0 Å². The van der Waals surface area contributed by atoms with Gasteiger partial charge in [0.15, 0.2) is 6.04 Å². The van der Waals surface area contributed by atoms with Crippen LogP contribution in [0.3, 0.4) is 0 Å². The second-order valence-electron chi connectivity index (χ2n) is 4.06. The zero-order valence-electron chi connectivity index (χ0n) is 10.6. The Morgan fingerprint density at radius 2 is 2.45 bits per heavy atom. The molecule has 1 atom stereocenters. The Morgan fingerprint density at radius 3 is 3.10 bits per heavy atom. The number of hydrogen-bond donors (Lipinski definition) is 0. The van der Waals surface area contributed by atoms with Gasteiger partial charge in [0, 0.05) is 23.3 Å². The second-order valence-corrected chi connectivity index (χ2v) is 4.98. The molecule has 0 spiro atoms. The fraction of sp³-hybridized carbons (Fsp3) is 0.455. The first kappa shape index (κ1) is 14.7. The number of rotatable bonds is 3. The Morgan fingerprint density at radius 1 is 1.70 bits per heavy atom. The van der Waals surface area contributed by atoms with E-state index in [2.05, 4.69) is 20.9 Å². The van der Waals surface area contributed by atoms with Crippen molar-refractivity contribution in [2.75, 3.05) is 31.8 Å². The highest BCUT2D eigenvalue weighted by atomic mass is 79.9. The van der Waals surface area contributed by atoms with Gasteiger partial charge >= 0.3 is 11.7 Å². The van der Waals surface area contributed by atoms with E-state index in [9.17, 15) is 14.9 Å². The number of anilines is 1. The lowest BCUT2D eigenvalue weighted by atomic mass is 10.2. The molecule has 1 aromatic heterocycles. The van der Waals surface area contributed by atoms with E-state index in [0.29, 0.717) is 17.6 Å². The van der Waals surface area contributed by atoms with Crippen molar-refractivity contribution >= 4 is 33.4 Å². The van der Waals surface area contributed by atoms with Crippen LogP contribution in [0.1, 0.15) is 0 Å². The first-order valence-electron chi connectivity index (χ1n) is 5.76. The summed E-state index contributed by atoms with van der Waals surface area (Å²) in [5.74, 6) is -0.374. The quantitative estimate of drug-likeness (QED) is 0.460. The monoisotopic (exact) mass is 345 g/mol. The number of carbonyl (C=O) groups excluding carboxylic acids is 1. The normalized spacial score (nSPS) is 18.7. The SMILES string of the molecule is COC(=O)C1COCCN1c1ncc(Br)cc1[N+](=O)[O-]. The summed E-state index contributed by atoms with van der Waals surface area (Å²) in [6, 6.07) is 0.618. The molecule has 0 radical (unpaired) electrons. The second kappa shape index (κ2) is 6.14. The van der Waals surface area contributed by atoms with Crippen molar-refractivity contribution in [3.8, 4) is 0 Å². The highest BCUT2D eigenvalue weighted by Gasteiger charge is 2.35. The lowest BCUT2D eigenvalue weighted by molar-refractivity contribution is -0.384. The molecule has 0 aliphatic carbocycles. The molecule has 1 aliphatic rings. The lowest BCUT2D eigenvalue weighted by Gasteiger charge is -2.34. The standard InChI is InChI=1S/C11H12BrN3O5/c1-19-11(16)9-6-20-3-2-14(9)10-8(15(17)18)4-7(12)5-13-10/h4-5,9H,2-3,6H2,1H3. The van der Waals surface area contributed by atoms with Crippen LogP contribution in [0.25, 0.3) is 0 Å². The fourth-order valence-electron chi connectivity index (χ4n) is 1.97. The molecule has 0 bridgehead atoms. The average molecular weight is 346 g/mol.